The average molecular weight is 422 g/mol. The van der Waals surface area contributed by atoms with E-state index < -0.39 is 0 Å². The third-order valence-corrected chi connectivity index (χ3v) is 6.34. The van der Waals surface area contributed by atoms with E-state index in [0.717, 1.165) is 35.6 Å². The number of pyridine rings is 2. The summed E-state index contributed by atoms with van der Waals surface area (Å²) in [5.41, 5.74) is 4.90. The van der Waals surface area contributed by atoms with Gasteiger partial charge in [0.25, 0.3) is 5.91 Å². The fourth-order valence-corrected chi connectivity index (χ4v) is 4.21. The van der Waals surface area contributed by atoms with Crippen LogP contribution < -0.4 is 10.7 Å². The summed E-state index contributed by atoms with van der Waals surface area (Å²) in [6.07, 6.45) is 7.82. The van der Waals surface area contributed by atoms with Crippen molar-refractivity contribution in [3.63, 3.8) is 0 Å². The van der Waals surface area contributed by atoms with Crippen molar-refractivity contribution in [3.05, 3.63) is 94.4 Å². The van der Waals surface area contributed by atoms with Crippen molar-refractivity contribution in [3.8, 4) is 16.8 Å². The molecule has 1 N–H and O–H groups in total. The Morgan fingerprint density at radius 1 is 0.938 bits per heavy atom. The number of hydrogen-bond donors (Lipinski definition) is 1. The van der Waals surface area contributed by atoms with Gasteiger partial charge in [0.15, 0.2) is 0 Å². The molecule has 2 saturated carbocycles. The van der Waals surface area contributed by atoms with Crippen LogP contribution in [0.1, 0.15) is 47.5 Å². The van der Waals surface area contributed by atoms with Crippen LogP contribution in [0.2, 0.25) is 0 Å². The summed E-state index contributed by atoms with van der Waals surface area (Å²) in [5.74, 6) is 0.415. The number of nitrogens with zero attached hydrogens (tertiary/aromatic N) is 2. The predicted octanol–water partition coefficient (Wildman–Crippen LogP) is 4.82. The molecule has 0 saturated heterocycles. The van der Waals surface area contributed by atoms with Crippen molar-refractivity contribution in [2.45, 2.75) is 37.6 Å². The van der Waals surface area contributed by atoms with Gasteiger partial charge >= 0.3 is 0 Å². The van der Waals surface area contributed by atoms with Crippen molar-refractivity contribution in [1.82, 2.24) is 14.9 Å². The summed E-state index contributed by atoms with van der Waals surface area (Å²) in [4.78, 5) is 30.3. The topological polar surface area (TPSA) is 64.0 Å². The molecular weight excluding hydrogens is 398 g/mol. The van der Waals surface area contributed by atoms with Gasteiger partial charge in [-0.05, 0) is 72.6 Å². The lowest BCUT2D eigenvalue weighted by Gasteiger charge is -2.14. The van der Waals surface area contributed by atoms with Crippen molar-refractivity contribution in [2.24, 2.45) is 0 Å². The Balaban J connectivity index is 1.45. The van der Waals surface area contributed by atoms with Crippen LogP contribution in [0.15, 0.2) is 77.9 Å². The van der Waals surface area contributed by atoms with Gasteiger partial charge in [-0.1, -0.05) is 36.4 Å². The molecule has 5 nitrogen and oxygen atoms in total. The first-order chi connectivity index (χ1) is 15.7. The second-order valence-electron chi connectivity index (χ2n) is 8.81. The largest absolute Gasteiger partial charge is 0.349 e. The van der Waals surface area contributed by atoms with Crippen LogP contribution in [0.4, 0.5) is 0 Å². The van der Waals surface area contributed by atoms with E-state index in [9.17, 15) is 9.59 Å². The van der Waals surface area contributed by atoms with E-state index in [1.165, 1.54) is 18.4 Å². The standard InChI is InChI=1S/C27H23N3O2/c31-25-23-5-2-14-28-26(23)30(16-24(25)27(32)29-21-12-13-21)22-4-1-3-20(15-22)19-10-8-18(9-11-19)17-6-7-17/h1-5,8-11,14-17,21H,6-7,12-13H2,(H,29,32). The SMILES string of the molecule is O=C(NC1CC1)c1cn(-c2cccc(-c3ccc(C4CC4)cc3)c2)c2ncccc2c1=O. The number of fused-ring (bicyclic) bond motifs is 1. The minimum absolute atomic E-state index is 0.150. The Bertz CT molecular complexity index is 1400. The summed E-state index contributed by atoms with van der Waals surface area (Å²) < 4.78 is 1.85. The first kappa shape index (κ1) is 19.0. The first-order valence-electron chi connectivity index (χ1n) is 11.2. The predicted molar refractivity (Wildman–Crippen MR) is 125 cm³/mol. The fraction of sp³-hybridized carbons (Fsp3) is 0.222. The number of carbonyl (C=O) groups excluding carboxylic acids is 1. The lowest BCUT2D eigenvalue weighted by Crippen LogP contribution is -2.31. The molecule has 1 amide bonds. The summed E-state index contributed by atoms with van der Waals surface area (Å²) in [5, 5.41) is 3.38. The molecule has 2 fully saturated rings. The highest BCUT2D eigenvalue weighted by molar-refractivity contribution is 5.97. The Hall–Kier alpha value is -3.73. The number of nitrogens with one attached hydrogen (secondary N) is 1. The van der Waals surface area contributed by atoms with Crippen LogP contribution in [0, 0.1) is 0 Å². The number of hydrogen-bond acceptors (Lipinski definition) is 3. The molecule has 0 unspecified atom stereocenters. The Labute approximate surface area is 185 Å². The number of carbonyl (C=O) groups is 1. The summed E-state index contributed by atoms with van der Waals surface area (Å²) in [7, 11) is 0. The maximum absolute atomic E-state index is 13.0. The molecule has 6 rings (SSSR count). The zero-order valence-electron chi connectivity index (χ0n) is 17.6. The van der Waals surface area contributed by atoms with E-state index in [4.69, 9.17) is 0 Å². The minimum Gasteiger partial charge on any atom is -0.349 e. The maximum atomic E-state index is 13.0. The van der Waals surface area contributed by atoms with Crippen LogP contribution in [0.25, 0.3) is 27.8 Å². The van der Waals surface area contributed by atoms with E-state index in [-0.39, 0.29) is 22.9 Å². The molecule has 5 heteroatoms. The van der Waals surface area contributed by atoms with Crippen molar-refractivity contribution in [1.29, 1.82) is 0 Å². The van der Waals surface area contributed by atoms with E-state index >= 15 is 0 Å². The minimum atomic E-state index is -0.316. The lowest BCUT2D eigenvalue weighted by atomic mass is 10.0. The van der Waals surface area contributed by atoms with Crippen LogP contribution in [-0.2, 0) is 0 Å². The van der Waals surface area contributed by atoms with Crippen molar-refractivity contribution < 1.29 is 4.79 Å². The van der Waals surface area contributed by atoms with Gasteiger partial charge in [0.2, 0.25) is 5.43 Å². The number of amides is 1. The van der Waals surface area contributed by atoms with Gasteiger partial charge in [0.05, 0.1) is 5.39 Å². The summed E-state index contributed by atoms with van der Waals surface area (Å²) in [6, 6.07) is 20.5. The second kappa shape index (κ2) is 7.45. The van der Waals surface area contributed by atoms with Gasteiger partial charge in [-0.3, -0.25) is 9.59 Å². The maximum Gasteiger partial charge on any atom is 0.257 e. The number of rotatable bonds is 5. The van der Waals surface area contributed by atoms with E-state index in [0.29, 0.717) is 11.0 Å². The first-order valence-corrected chi connectivity index (χ1v) is 11.2. The zero-order valence-corrected chi connectivity index (χ0v) is 17.6. The van der Waals surface area contributed by atoms with Crippen LogP contribution in [0.5, 0.6) is 0 Å². The third kappa shape index (κ3) is 3.50. The monoisotopic (exact) mass is 421 g/mol. The number of benzene rings is 2. The molecule has 2 aromatic heterocycles. The van der Waals surface area contributed by atoms with Gasteiger partial charge in [-0.25, -0.2) is 4.98 Å². The number of aromatic nitrogens is 2. The summed E-state index contributed by atoms with van der Waals surface area (Å²) in [6.45, 7) is 0. The van der Waals surface area contributed by atoms with E-state index in [2.05, 4.69) is 46.7 Å². The van der Waals surface area contributed by atoms with Crippen LogP contribution in [0.3, 0.4) is 0 Å². The summed E-state index contributed by atoms with van der Waals surface area (Å²) >= 11 is 0. The van der Waals surface area contributed by atoms with E-state index in [1.807, 2.05) is 16.7 Å². The molecule has 2 aliphatic carbocycles. The zero-order chi connectivity index (χ0) is 21.7. The highest BCUT2D eigenvalue weighted by Crippen LogP contribution is 2.40. The van der Waals surface area contributed by atoms with Crippen LogP contribution in [-0.4, -0.2) is 21.5 Å². The van der Waals surface area contributed by atoms with Gasteiger partial charge in [-0.2, -0.15) is 0 Å². The van der Waals surface area contributed by atoms with Crippen molar-refractivity contribution >= 4 is 16.9 Å². The Morgan fingerprint density at radius 3 is 2.50 bits per heavy atom. The normalized spacial score (nSPS) is 15.6. The third-order valence-electron chi connectivity index (χ3n) is 6.34. The molecule has 0 aliphatic heterocycles. The molecule has 2 aliphatic rings. The average Bonchev–Trinajstić information content (AvgIpc) is 3.75. The van der Waals surface area contributed by atoms with Crippen molar-refractivity contribution in [2.75, 3.05) is 0 Å². The van der Waals surface area contributed by atoms with Gasteiger partial charge < -0.3 is 9.88 Å². The fourth-order valence-electron chi connectivity index (χ4n) is 4.21. The molecule has 0 radical (unpaired) electrons. The molecule has 0 atom stereocenters. The molecule has 4 aromatic rings. The Morgan fingerprint density at radius 2 is 1.75 bits per heavy atom. The van der Waals surface area contributed by atoms with Gasteiger partial charge in [0, 0.05) is 24.1 Å². The Kier molecular flexibility index (Phi) is 4.42. The molecule has 0 spiro atoms. The molecular formula is C27H23N3O2. The molecule has 2 heterocycles. The van der Waals surface area contributed by atoms with Gasteiger partial charge in [0.1, 0.15) is 11.2 Å². The molecule has 32 heavy (non-hydrogen) atoms. The quantitative estimate of drug-likeness (QED) is 0.502. The highest BCUT2D eigenvalue weighted by Gasteiger charge is 2.26. The molecule has 0 bridgehead atoms. The van der Waals surface area contributed by atoms with E-state index in [1.54, 1.807) is 24.5 Å². The highest BCUT2D eigenvalue weighted by atomic mass is 16.2. The second-order valence-corrected chi connectivity index (χ2v) is 8.81. The molecule has 2 aromatic carbocycles. The van der Waals surface area contributed by atoms with Crippen LogP contribution >= 0.6 is 0 Å². The van der Waals surface area contributed by atoms with Gasteiger partial charge in [-0.15, -0.1) is 0 Å². The lowest BCUT2D eigenvalue weighted by molar-refractivity contribution is 0.0949. The smallest absolute Gasteiger partial charge is 0.257 e. The molecule has 158 valence electrons.